The molecular formula is C20H26N2O6. The standard InChI is InChI=1S/C20H26N2O6/c1-10-11(2)17(19(24)27-5)21-14(10)9-15-13(7-8-16(23)26-4)12(3)18(22-15)20(25)28-6/h21-22H,7-9H2,1-6H3. The van der Waals surface area contributed by atoms with Crippen LogP contribution < -0.4 is 0 Å². The third-order valence-corrected chi connectivity index (χ3v) is 5.07. The van der Waals surface area contributed by atoms with Gasteiger partial charge in [-0.3, -0.25) is 4.79 Å². The van der Waals surface area contributed by atoms with E-state index in [4.69, 9.17) is 14.2 Å². The predicted molar refractivity (Wildman–Crippen MR) is 102 cm³/mol. The van der Waals surface area contributed by atoms with Crippen molar-refractivity contribution in [3.63, 3.8) is 0 Å². The highest BCUT2D eigenvalue weighted by atomic mass is 16.5. The summed E-state index contributed by atoms with van der Waals surface area (Å²) in [5.41, 5.74) is 5.71. The van der Waals surface area contributed by atoms with Crippen molar-refractivity contribution in [2.75, 3.05) is 21.3 Å². The minimum atomic E-state index is -0.474. The smallest absolute Gasteiger partial charge is 0.354 e. The van der Waals surface area contributed by atoms with Gasteiger partial charge in [0.25, 0.3) is 0 Å². The molecule has 0 saturated heterocycles. The second kappa shape index (κ2) is 8.77. The third-order valence-electron chi connectivity index (χ3n) is 5.07. The number of aromatic nitrogens is 2. The van der Waals surface area contributed by atoms with E-state index in [1.165, 1.54) is 21.3 Å². The molecule has 0 saturated carbocycles. The summed E-state index contributed by atoms with van der Waals surface area (Å²) in [6.07, 6.45) is 1.04. The number of rotatable bonds is 7. The molecule has 0 amide bonds. The zero-order valence-corrected chi connectivity index (χ0v) is 17.1. The summed E-state index contributed by atoms with van der Waals surface area (Å²) in [4.78, 5) is 41.9. The molecular weight excluding hydrogens is 364 g/mol. The minimum absolute atomic E-state index is 0.193. The monoisotopic (exact) mass is 390 g/mol. The number of carbonyl (C=O) groups is 3. The topological polar surface area (TPSA) is 110 Å². The second-order valence-electron chi connectivity index (χ2n) is 6.55. The molecule has 152 valence electrons. The Balaban J connectivity index is 2.45. The van der Waals surface area contributed by atoms with Gasteiger partial charge in [-0.25, -0.2) is 9.59 Å². The van der Waals surface area contributed by atoms with Crippen molar-refractivity contribution >= 4 is 17.9 Å². The number of hydrogen-bond acceptors (Lipinski definition) is 6. The van der Waals surface area contributed by atoms with E-state index >= 15 is 0 Å². The molecule has 0 bridgehead atoms. The average Bonchev–Trinajstić information content (AvgIpc) is 3.16. The Kier molecular flexibility index (Phi) is 6.66. The minimum Gasteiger partial charge on any atom is -0.469 e. The van der Waals surface area contributed by atoms with Crippen LogP contribution in [0.3, 0.4) is 0 Å². The van der Waals surface area contributed by atoms with Crippen LogP contribution in [-0.2, 0) is 31.8 Å². The first-order chi connectivity index (χ1) is 13.2. The highest BCUT2D eigenvalue weighted by Crippen LogP contribution is 2.26. The van der Waals surface area contributed by atoms with Crippen molar-refractivity contribution in [2.24, 2.45) is 0 Å². The summed E-state index contributed by atoms with van der Waals surface area (Å²) in [7, 11) is 3.99. The maximum atomic E-state index is 12.1. The summed E-state index contributed by atoms with van der Waals surface area (Å²) in [5, 5.41) is 0. The van der Waals surface area contributed by atoms with E-state index in [0.717, 1.165) is 33.6 Å². The average molecular weight is 390 g/mol. The van der Waals surface area contributed by atoms with Gasteiger partial charge < -0.3 is 24.2 Å². The Morgan fingerprint density at radius 1 is 0.750 bits per heavy atom. The van der Waals surface area contributed by atoms with E-state index < -0.39 is 11.9 Å². The first-order valence-corrected chi connectivity index (χ1v) is 8.86. The van der Waals surface area contributed by atoms with Crippen LogP contribution in [0, 0.1) is 20.8 Å². The highest BCUT2D eigenvalue weighted by molar-refractivity contribution is 5.90. The normalized spacial score (nSPS) is 10.6. The highest BCUT2D eigenvalue weighted by Gasteiger charge is 2.23. The fourth-order valence-corrected chi connectivity index (χ4v) is 3.23. The predicted octanol–water partition coefficient (Wildman–Crippen LogP) is 2.54. The Morgan fingerprint density at radius 2 is 1.29 bits per heavy atom. The maximum absolute atomic E-state index is 12.1. The lowest BCUT2D eigenvalue weighted by atomic mass is 10.0. The molecule has 0 aliphatic carbocycles. The number of hydrogen-bond donors (Lipinski definition) is 2. The molecule has 28 heavy (non-hydrogen) atoms. The van der Waals surface area contributed by atoms with Crippen LogP contribution in [0.1, 0.15) is 61.0 Å². The molecule has 0 atom stereocenters. The Morgan fingerprint density at radius 3 is 1.82 bits per heavy atom. The fraction of sp³-hybridized carbons (Fsp3) is 0.450. The second-order valence-corrected chi connectivity index (χ2v) is 6.55. The Labute approximate surface area is 163 Å². The molecule has 0 unspecified atom stereocenters. The van der Waals surface area contributed by atoms with Crippen molar-refractivity contribution < 1.29 is 28.6 Å². The summed E-state index contributed by atoms with van der Waals surface area (Å²) < 4.78 is 14.4. The third kappa shape index (κ3) is 4.11. The molecule has 2 rings (SSSR count). The first-order valence-electron chi connectivity index (χ1n) is 8.86. The van der Waals surface area contributed by atoms with E-state index in [2.05, 4.69) is 9.97 Å². The zero-order valence-electron chi connectivity index (χ0n) is 17.1. The molecule has 0 aliphatic heterocycles. The molecule has 2 heterocycles. The molecule has 0 spiro atoms. The lowest BCUT2D eigenvalue weighted by Gasteiger charge is -2.06. The van der Waals surface area contributed by atoms with E-state index in [-0.39, 0.29) is 12.4 Å². The lowest BCUT2D eigenvalue weighted by molar-refractivity contribution is -0.140. The number of H-pyrrole nitrogens is 2. The van der Waals surface area contributed by atoms with E-state index in [9.17, 15) is 14.4 Å². The SMILES string of the molecule is COC(=O)CCc1c(Cc2[nH]c(C(=O)OC)c(C)c2C)[nH]c(C(=O)OC)c1C. The summed E-state index contributed by atoms with van der Waals surface area (Å²) in [6.45, 7) is 5.57. The Bertz CT molecular complexity index is 906. The number of aromatic amines is 2. The molecule has 0 fully saturated rings. The van der Waals surface area contributed by atoms with Gasteiger partial charge in [0.2, 0.25) is 0 Å². The van der Waals surface area contributed by atoms with Crippen LogP contribution in [0.4, 0.5) is 0 Å². The summed E-state index contributed by atoms with van der Waals surface area (Å²) in [5.74, 6) is -1.24. The molecule has 8 heteroatoms. The molecule has 2 aromatic heterocycles. The largest absolute Gasteiger partial charge is 0.469 e. The molecule has 8 nitrogen and oxygen atoms in total. The van der Waals surface area contributed by atoms with Crippen LogP contribution in [0.5, 0.6) is 0 Å². The number of esters is 3. The van der Waals surface area contributed by atoms with Gasteiger partial charge in [-0.05, 0) is 49.4 Å². The molecule has 2 aromatic rings. The van der Waals surface area contributed by atoms with Gasteiger partial charge in [0, 0.05) is 24.2 Å². The summed E-state index contributed by atoms with van der Waals surface area (Å²) >= 11 is 0. The van der Waals surface area contributed by atoms with E-state index in [1.54, 1.807) is 0 Å². The van der Waals surface area contributed by atoms with Crippen molar-refractivity contribution in [3.8, 4) is 0 Å². The lowest BCUT2D eigenvalue weighted by Crippen LogP contribution is -2.05. The van der Waals surface area contributed by atoms with Crippen molar-refractivity contribution in [2.45, 2.75) is 40.0 Å². The van der Waals surface area contributed by atoms with Gasteiger partial charge >= 0.3 is 17.9 Å². The van der Waals surface area contributed by atoms with Gasteiger partial charge in [0.1, 0.15) is 11.4 Å². The molecule has 0 radical (unpaired) electrons. The molecule has 2 N–H and O–H groups in total. The number of ether oxygens (including phenoxy) is 3. The first kappa shape index (κ1) is 21.3. The molecule has 0 aliphatic rings. The molecule has 0 aromatic carbocycles. The number of nitrogens with one attached hydrogen (secondary N) is 2. The van der Waals surface area contributed by atoms with Crippen LogP contribution in [-0.4, -0.2) is 49.2 Å². The van der Waals surface area contributed by atoms with Crippen LogP contribution >= 0.6 is 0 Å². The van der Waals surface area contributed by atoms with Crippen LogP contribution in [0.2, 0.25) is 0 Å². The Hall–Kier alpha value is -3.03. The van der Waals surface area contributed by atoms with Gasteiger partial charge in [-0.15, -0.1) is 0 Å². The maximum Gasteiger partial charge on any atom is 0.354 e. The summed E-state index contributed by atoms with van der Waals surface area (Å²) in [6, 6.07) is 0. The van der Waals surface area contributed by atoms with Gasteiger partial charge in [0.15, 0.2) is 0 Å². The van der Waals surface area contributed by atoms with Gasteiger partial charge in [0.05, 0.1) is 21.3 Å². The van der Waals surface area contributed by atoms with Gasteiger partial charge in [-0.2, -0.15) is 0 Å². The van der Waals surface area contributed by atoms with Crippen molar-refractivity contribution in [3.05, 3.63) is 45.0 Å². The number of methoxy groups -OCH3 is 3. The van der Waals surface area contributed by atoms with Crippen LogP contribution in [0.15, 0.2) is 0 Å². The van der Waals surface area contributed by atoms with Gasteiger partial charge in [-0.1, -0.05) is 0 Å². The fourth-order valence-electron chi connectivity index (χ4n) is 3.23. The quantitative estimate of drug-likeness (QED) is 0.555. The number of carbonyl (C=O) groups excluding carboxylic acids is 3. The van der Waals surface area contributed by atoms with E-state index in [0.29, 0.717) is 24.2 Å². The van der Waals surface area contributed by atoms with E-state index in [1.807, 2.05) is 20.8 Å². The van der Waals surface area contributed by atoms with Crippen LogP contribution in [0.25, 0.3) is 0 Å². The zero-order chi connectivity index (χ0) is 21.0. The van der Waals surface area contributed by atoms with Crippen molar-refractivity contribution in [1.82, 2.24) is 9.97 Å². The van der Waals surface area contributed by atoms with Crippen molar-refractivity contribution in [1.29, 1.82) is 0 Å².